The van der Waals surface area contributed by atoms with Crippen molar-refractivity contribution in [1.82, 2.24) is 14.9 Å². The number of aliphatic carboxylic acids is 1. The molecule has 0 atom stereocenters. The largest absolute Gasteiger partial charge is 0.481 e. The van der Waals surface area contributed by atoms with E-state index < -0.39 is 16.0 Å². The van der Waals surface area contributed by atoms with Crippen molar-refractivity contribution in [2.45, 2.75) is 36.5 Å². The number of fused-ring (bicyclic) bond motifs is 1. The average Bonchev–Trinajstić information content (AvgIpc) is 3.22. The summed E-state index contributed by atoms with van der Waals surface area (Å²) in [6.07, 6.45) is 3.39. The van der Waals surface area contributed by atoms with Crippen molar-refractivity contribution in [3.8, 4) is 0 Å². The van der Waals surface area contributed by atoms with Gasteiger partial charge in [-0.1, -0.05) is 5.16 Å². The molecule has 1 aliphatic rings. The fraction of sp³-hybridized carbons (Fsp3) is 0.462. The molecule has 2 N–H and O–H groups in total. The fourth-order valence-corrected chi connectivity index (χ4v) is 3.20. The highest BCUT2D eigenvalue weighted by Gasteiger charge is 2.30. The van der Waals surface area contributed by atoms with Crippen LogP contribution in [0.25, 0.3) is 11.1 Å². The van der Waals surface area contributed by atoms with Crippen molar-refractivity contribution < 1.29 is 22.8 Å². The van der Waals surface area contributed by atoms with Crippen LogP contribution in [0.15, 0.2) is 21.7 Å². The highest BCUT2D eigenvalue weighted by atomic mass is 32.2. The molecule has 0 spiro atoms. The minimum atomic E-state index is -3.72. The molecule has 22 heavy (non-hydrogen) atoms. The van der Waals surface area contributed by atoms with E-state index in [-0.39, 0.29) is 24.3 Å². The fourth-order valence-electron chi connectivity index (χ4n) is 2.16. The van der Waals surface area contributed by atoms with Crippen LogP contribution in [-0.4, -0.2) is 36.2 Å². The Morgan fingerprint density at radius 3 is 2.91 bits per heavy atom. The number of carbonyl (C=O) groups is 1. The number of aromatic nitrogens is 2. The van der Waals surface area contributed by atoms with E-state index in [2.05, 4.69) is 14.9 Å². The Morgan fingerprint density at radius 1 is 1.45 bits per heavy atom. The zero-order chi connectivity index (χ0) is 15.7. The molecule has 8 nitrogen and oxygen atoms in total. The summed E-state index contributed by atoms with van der Waals surface area (Å²) in [5.74, 6) is -0.634. The Balaban J connectivity index is 1.79. The molecular weight excluding hydrogens is 310 g/mol. The Bertz CT molecular complexity index is 810. The maximum absolute atomic E-state index is 12.2. The van der Waals surface area contributed by atoms with Crippen LogP contribution in [0.2, 0.25) is 0 Å². The average molecular weight is 325 g/mol. The minimum Gasteiger partial charge on any atom is -0.481 e. The summed E-state index contributed by atoms with van der Waals surface area (Å²) in [7, 11) is -3.72. The third kappa shape index (κ3) is 3.09. The first-order valence-corrected chi connectivity index (χ1v) is 8.42. The highest BCUT2D eigenvalue weighted by Crippen LogP contribution is 2.42. The van der Waals surface area contributed by atoms with Crippen LogP contribution in [-0.2, 0) is 14.8 Å². The van der Waals surface area contributed by atoms with Gasteiger partial charge >= 0.3 is 5.97 Å². The Kier molecular flexibility index (Phi) is 3.83. The van der Waals surface area contributed by atoms with Crippen molar-refractivity contribution in [2.75, 3.05) is 6.54 Å². The topological polar surface area (TPSA) is 122 Å². The van der Waals surface area contributed by atoms with Crippen LogP contribution in [0.5, 0.6) is 0 Å². The number of carboxylic acids is 1. The van der Waals surface area contributed by atoms with Gasteiger partial charge in [-0.3, -0.25) is 4.79 Å². The van der Waals surface area contributed by atoms with Gasteiger partial charge in [-0.25, -0.2) is 18.1 Å². The van der Waals surface area contributed by atoms with Crippen molar-refractivity contribution in [3.05, 3.63) is 18.0 Å². The predicted octanol–water partition coefficient (Wildman–Crippen LogP) is 1.24. The van der Waals surface area contributed by atoms with Crippen LogP contribution in [0.1, 0.15) is 37.3 Å². The maximum Gasteiger partial charge on any atom is 0.303 e. The van der Waals surface area contributed by atoms with Crippen LogP contribution in [0.4, 0.5) is 0 Å². The van der Waals surface area contributed by atoms with Gasteiger partial charge in [0.1, 0.15) is 4.90 Å². The van der Waals surface area contributed by atoms with E-state index in [4.69, 9.17) is 9.63 Å². The molecule has 0 bridgehead atoms. The number of hydrogen-bond acceptors (Lipinski definition) is 6. The lowest BCUT2D eigenvalue weighted by Gasteiger charge is -2.05. The van der Waals surface area contributed by atoms with Crippen LogP contribution in [0, 0.1) is 0 Å². The van der Waals surface area contributed by atoms with Crippen molar-refractivity contribution in [1.29, 1.82) is 0 Å². The molecular formula is C13H15N3O5S. The zero-order valence-corrected chi connectivity index (χ0v) is 12.5. The lowest BCUT2D eigenvalue weighted by atomic mass is 10.2. The zero-order valence-electron chi connectivity index (χ0n) is 11.7. The Hall–Kier alpha value is -2.00. The van der Waals surface area contributed by atoms with E-state index >= 15 is 0 Å². The smallest absolute Gasteiger partial charge is 0.303 e. The molecule has 1 aliphatic carbocycles. The molecule has 2 aromatic heterocycles. The van der Waals surface area contributed by atoms with Gasteiger partial charge in [0.25, 0.3) is 5.71 Å². The quantitative estimate of drug-likeness (QED) is 0.734. The summed E-state index contributed by atoms with van der Waals surface area (Å²) in [4.78, 5) is 14.4. The number of pyridine rings is 1. The number of nitrogens with zero attached hydrogens (tertiary/aromatic N) is 2. The first-order valence-electron chi connectivity index (χ1n) is 6.94. The molecule has 118 valence electrons. The van der Waals surface area contributed by atoms with Crippen molar-refractivity contribution >= 4 is 27.1 Å². The van der Waals surface area contributed by atoms with Gasteiger partial charge in [0.15, 0.2) is 0 Å². The SMILES string of the molecule is O=C(O)CCCNS(=O)(=O)c1cnc2onc(C3CC3)c2c1. The standard InChI is InChI=1S/C13H15N3O5S/c17-11(18)2-1-5-15-22(19,20)9-6-10-12(8-3-4-8)16-21-13(10)14-7-9/h6-8,15H,1-5H2,(H,17,18). The third-order valence-electron chi connectivity index (χ3n) is 3.47. The first kappa shape index (κ1) is 14.9. The molecule has 0 saturated heterocycles. The van der Waals surface area contributed by atoms with Gasteiger partial charge in [-0.15, -0.1) is 0 Å². The lowest BCUT2D eigenvalue weighted by Crippen LogP contribution is -2.25. The van der Waals surface area contributed by atoms with Gasteiger partial charge in [0, 0.05) is 18.9 Å². The van der Waals surface area contributed by atoms with Gasteiger partial charge < -0.3 is 9.63 Å². The summed E-state index contributed by atoms with van der Waals surface area (Å²) < 4.78 is 31.9. The summed E-state index contributed by atoms with van der Waals surface area (Å²) in [6, 6.07) is 1.51. The molecule has 0 radical (unpaired) electrons. The molecule has 0 aromatic carbocycles. The van der Waals surface area contributed by atoms with Crippen molar-refractivity contribution in [3.63, 3.8) is 0 Å². The van der Waals surface area contributed by atoms with Gasteiger partial charge in [0.05, 0.1) is 17.3 Å². The van der Waals surface area contributed by atoms with E-state index in [1.807, 2.05) is 0 Å². The molecule has 0 amide bonds. The first-order chi connectivity index (χ1) is 10.5. The maximum atomic E-state index is 12.2. The number of carboxylic acid groups (broad SMARTS) is 1. The summed E-state index contributed by atoms with van der Waals surface area (Å²) in [6.45, 7) is 0.0613. The third-order valence-corrected chi connectivity index (χ3v) is 4.89. The van der Waals surface area contributed by atoms with E-state index in [1.54, 1.807) is 0 Å². The number of nitrogens with one attached hydrogen (secondary N) is 1. The molecule has 0 unspecified atom stereocenters. The molecule has 2 aromatic rings. The van der Waals surface area contributed by atoms with Crippen molar-refractivity contribution in [2.24, 2.45) is 0 Å². The van der Waals surface area contributed by atoms with Gasteiger partial charge in [0.2, 0.25) is 10.0 Å². The van der Waals surface area contributed by atoms with E-state index in [9.17, 15) is 13.2 Å². The summed E-state index contributed by atoms with van der Waals surface area (Å²) in [5.41, 5.74) is 1.08. The minimum absolute atomic E-state index is 0.0282. The van der Waals surface area contributed by atoms with E-state index in [0.29, 0.717) is 17.0 Å². The second-order valence-electron chi connectivity index (χ2n) is 5.26. The molecule has 0 aliphatic heterocycles. The van der Waals surface area contributed by atoms with Crippen LogP contribution in [0.3, 0.4) is 0 Å². The number of rotatable bonds is 7. The van der Waals surface area contributed by atoms with Gasteiger partial charge in [-0.2, -0.15) is 0 Å². The highest BCUT2D eigenvalue weighted by molar-refractivity contribution is 7.89. The Morgan fingerprint density at radius 2 is 2.23 bits per heavy atom. The normalized spacial score (nSPS) is 15.3. The second kappa shape index (κ2) is 5.65. The van der Waals surface area contributed by atoms with Gasteiger partial charge in [-0.05, 0) is 25.3 Å². The second-order valence-corrected chi connectivity index (χ2v) is 7.03. The van der Waals surface area contributed by atoms with E-state index in [0.717, 1.165) is 18.5 Å². The Labute approximate surface area is 126 Å². The summed E-state index contributed by atoms with van der Waals surface area (Å²) in [5, 5.41) is 13.1. The van der Waals surface area contributed by atoms with Crippen LogP contribution >= 0.6 is 0 Å². The summed E-state index contributed by atoms with van der Waals surface area (Å²) >= 11 is 0. The van der Waals surface area contributed by atoms with Crippen LogP contribution < -0.4 is 4.72 Å². The molecule has 1 saturated carbocycles. The molecule has 2 heterocycles. The molecule has 9 heteroatoms. The lowest BCUT2D eigenvalue weighted by molar-refractivity contribution is -0.137. The number of hydrogen-bond donors (Lipinski definition) is 2. The molecule has 1 fully saturated rings. The number of sulfonamides is 1. The predicted molar refractivity (Wildman–Crippen MR) is 75.8 cm³/mol. The van der Waals surface area contributed by atoms with E-state index in [1.165, 1.54) is 12.3 Å². The monoisotopic (exact) mass is 325 g/mol. The molecule has 3 rings (SSSR count).